The van der Waals surface area contributed by atoms with Gasteiger partial charge in [-0.25, -0.2) is 4.98 Å². The quantitative estimate of drug-likeness (QED) is 0.159. The number of rotatable bonds is 9. The highest BCUT2D eigenvalue weighted by atomic mass is 127. The van der Waals surface area contributed by atoms with E-state index < -0.39 is 0 Å². The van der Waals surface area contributed by atoms with Crippen LogP contribution in [0.2, 0.25) is 0 Å². The van der Waals surface area contributed by atoms with Gasteiger partial charge in [0.1, 0.15) is 4.34 Å². The maximum Gasteiger partial charge on any atom is 0.193 e. The predicted molar refractivity (Wildman–Crippen MR) is 106 cm³/mol. The highest BCUT2D eigenvalue weighted by Crippen LogP contribution is 2.20. The van der Waals surface area contributed by atoms with Gasteiger partial charge in [0.15, 0.2) is 5.96 Å². The minimum atomic E-state index is 0. The summed E-state index contributed by atoms with van der Waals surface area (Å²) in [6, 6.07) is 0. The number of nitrogens with one attached hydrogen (secondary N) is 1. The van der Waals surface area contributed by atoms with E-state index in [-0.39, 0.29) is 24.0 Å². The van der Waals surface area contributed by atoms with Gasteiger partial charge in [0.2, 0.25) is 0 Å². The van der Waals surface area contributed by atoms with Crippen molar-refractivity contribution in [3.05, 3.63) is 24.2 Å². The lowest BCUT2D eigenvalue weighted by molar-refractivity contribution is 0.470. The first-order valence-corrected chi connectivity index (χ1v) is 8.69. The Morgan fingerprint density at radius 2 is 2.38 bits per heavy atom. The standard InChI is InChI=1S/C14H24N4S2.HI/c1-4-5-6-10-18(3)13(15-2)16-8-7-11-19-14-17-9-12-20-14;/h4,9,12H,1,5-8,10-11H2,2-3H3,(H,15,16);1H. The van der Waals surface area contributed by atoms with Crippen LogP contribution in [0, 0.1) is 0 Å². The second-order valence-corrected chi connectivity index (χ2v) is 6.56. The van der Waals surface area contributed by atoms with Crippen LogP contribution in [0.5, 0.6) is 0 Å². The van der Waals surface area contributed by atoms with Crippen molar-refractivity contribution >= 4 is 53.0 Å². The summed E-state index contributed by atoms with van der Waals surface area (Å²) in [4.78, 5) is 10.7. The summed E-state index contributed by atoms with van der Waals surface area (Å²) in [6.07, 6.45) is 7.07. The molecule has 0 atom stereocenters. The molecule has 0 radical (unpaired) electrons. The van der Waals surface area contributed by atoms with Crippen LogP contribution in [0.25, 0.3) is 0 Å². The van der Waals surface area contributed by atoms with Crippen molar-refractivity contribution in [2.24, 2.45) is 4.99 Å². The number of guanidine groups is 1. The van der Waals surface area contributed by atoms with Crippen LogP contribution >= 0.6 is 47.1 Å². The Balaban J connectivity index is 0.00000400. The number of allylic oxidation sites excluding steroid dienone is 1. The maximum absolute atomic E-state index is 4.30. The Morgan fingerprint density at radius 1 is 1.57 bits per heavy atom. The van der Waals surface area contributed by atoms with Crippen molar-refractivity contribution in [2.75, 3.05) is 32.9 Å². The first-order valence-electron chi connectivity index (χ1n) is 6.83. The third kappa shape index (κ3) is 9.36. The number of hydrogen-bond acceptors (Lipinski definition) is 4. The molecule has 0 spiro atoms. The molecule has 0 amide bonds. The molecule has 4 nitrogen and oxygen atoms in total. The smallest absolute Gasteiger partial charge is 0.193 e. The van der Waals surface area contributed by atoms with Gasteiger partial charge < -0.3 is 10.2 Å². The summed E-state index contributed by atoms with van der Waals surface area (Å²) in [5.41, 5.74) is 0. The van der Waals surface area contributed by atoms with Crippen LogP contribution in [-0.2, 0) is 0 Å². The zero-order valence-corrected chi connectivity index (χ0v) is 16.7. The van der Waals surface area contributed by atoms with E-state index >= 15 is 0 Å². The molecule has 21 heavy (non-hydrogen) atoms. The van der Waals surface area contributed by atoms with E-state index in [9.17, 15) is 0 Å². The van der Waals surface area contributed by atoms with Crippen molar-refractivity contribution in [1.29, 1.82) is 0 Å². The second-order valence-electron chi connectivity index (χ2n) is 4.33. The molecule has 0 aliphatic heterocycles. The van der Waals surface area contributed by atoms with Crippen molar-refractivity contribution < 1.29 is 0 Å². The third-order valence-corrected chi connectivity index (χ3v) is 4.77. The fourth-order valence-electron chi connectivity index (χ4n) is 1.68. The molecular weight excluding hydrogens is 415 g/mol. The van der Waals surface area contributed by atoms with Crippen LogP contribution in [0.1, 0.15) is 19.3 Å². The average molecular weight is 440 g/mol. The highest BCUT2D eigenvalue weighted by molar-refractivity contribution is 14.0. The van der Waals surface area contributed by atoms with Crippen LogP contribution in [0.4, 0.5) is 0 Å². The van der Waals surface area contributed by atoms with Gasteiger partial charge in [-0.05, 0) is 19.3 Å². The number of aromatic nitrogens is 1. The van der Waals surface area contributed by atoms with Gasteiger partial charge in [0, 0.05) is 44.5 Å². The van der Waals surface area contributed by atoms with E-state index in [1.807, 2.05) is 36.5 Å². The first-order chi connectivity index (χ1) is 9.77. The van der Waals surface area contributed by atoms with Crippen LogP contribution in [0.3, 0.4) is 0 Å². The summed E-state index contributed by atoms with van der Waals surface area (Å²) < 4.78 is 1.15. The number of aliphatic imine (C=N–C) groups is 1. The minimum absolute atomic E-state index is 0. The first kappa shape index (κ1) is 20.7. The Labute approximate surface area is 153 Å². The van der Waals surface area contributed by atoms with Gasteiger partial charge in [0.25, 0.3) is 0 Å². The highest BCUT2D eigenvalue weighted by Gasteiger charge is 2.04. The largest absolute Gasteiger partial charge is 0.356 e. The molecule has 7 heteroatoms. The van der Waals surface area contributed by atoms with Gasteiger partial charge >= 0.3 is 0 Å². The third-order valence-electron chi connectivity index (χ3n) is 2.71. The molecule has 0 aliphatic carbocycles. The molecule has 1 N–H and O–H groups in total. The summed E-state index contributed by atoms with van der Waals surface area (Å²) >= 11 is 3.51. The summed E-state index contributed by atoms with van der Waals surface area (Å²) in [5, 5.41) is 5.41. The van der Waals surface area contributed by atoms with E-state index in [4.69, 9.17) is 0 Å². The van der Waals surface area contributed by atoms with Gasteiger partial charge in [0.05, 0.1) is 0 Å². The molecule has 1 aromatic heterocycles. The van der Waals surface area contributed by atoms with Crippen molar-refractivity contribution in [3.63, 3.8) is 0 Å². The molecule has 1 heterocycles. The molecule has 120 valence electrons. The van der Waals surface area contributed by atoms with Gasteiger partial charge in [-0.2, -0.15) is 0 Å². The van der Waals surface area contributed by atoms with E-state index in [2.05, 4.69) is 33.8 Å². The van der Waals surface area contributed by atoms with E-state index in [0.29, 0.717) is 0 Å². The van der Waals surface area contributed by atoms with Crippen LogP contribution in [0.15, 0.2) is 33.6 Å². The topological polar surface area (TPSA) is 40.5 Å². The normalized spacial score (nSPS) is 10.9. The molecule has 0 saturated carbocycles. The number of unbranched alkanes of at least 4 members (excludes halogenated alkanes) is 1. The zero-order chi connectivity index (χ0) is 14.6. The zero-order valence-electron chi connectivity index (χ0n) is 12.7. The van der Waals surface area contributed by atoms with Crippen LogP contribution < -0.4 is 5.32 Å². The molecule has 0 bridgehead atoms. The Hall–Kier alpha value is -0.280. The number of hydrogen-bond donors (Lipinski definition) is 1. The van der Waals surface area contributed by atoms with E-state index in [0.717, 1.165) is 48.4 Å². The number of thiazole rings is 1. The fraction of sp³-hybridized carbons (Fsp3) is 0.571. The average Bonchev–Trinajstić information content (AvgIpc) is 2.96. The lowest BCUT2D eigenvalue weighted by Gasteiger charge is -2.21. The SMILES string of the molecule is C=CCCCN(C)C(=NC)NCCCSc1nccs1.I. The number of halogens is 1. The van der Waals surface area contributed by atoms with Gasteiger partial charge in [-0.15, -0.1) is 41.9 Å². The summed E-state index contributed by atoms with van der Waals surface area (Å²) in [7, 11) is 3.90. The Kier molecular flexibility index (Phi) is 13.2. The molecular formula is C14H25IN4S2. The molecule has 0 aromatic carbocycles. The second kappa shape index (κ2) is 13.4. The van der Waals surface area contributed by atoms with E-state index in [1.54, 1.807) is 11.3 Å². The molecule has 0 fully saturated rings. The Morgan fingerprint density at radius 3 is 3.00 bits per heavy atom. The molecule has 0 saturated heterocycles. The number of nitrogens with zero attached hydrogens (tertiary/aromatic N) is 3. The molecule has 1 aromatic rings. The number of thioether (sulfide) groups is 1. The molecule has 1 rings (SSSR count). The molecule has 0 aliphatic rings. The monoisotopic (exact) mass is 440 g/mol. The van der Waals surface area contributed by atoms with Crippen molar-refractivity contribution in [1.82, 2.24) is 15.2 Å². The van der Waals surface area contributed by atoms with E-state index in [1.165, 1.54) is 0 Å². The Bertz CT molecular complexity index is 396. The predicted octanol–water partition coefficient (Wildman–Crippen LogP) is 3.72. The molecule has 0 unspecified atom stereocenters. The maximum atomic E-state index is 4.30. The van der Waals surface area contributed by atoms with Gasteiger partial charge in [-0.1, -0.05) is 17.8 Å². The van der Waals surface area contributed by atoms with Crippen molar-refractivity contribution in [3.8, 4) is 0 Å². The fourth-order valence-corrected chi connectivity index (χ4v) is 3.32. The lowest BCUT2D eigenvalue weighted by Crippen LogP contribution is -2.39. The minimum Gasteiger partial charge on any atom is -0.356 e. The van der Waals surface area contributed by atoms with Crippen molar-refractivity contribution in [2.45, 2.75) is 23.6 Å². The van der Waals surface area contributed by atoms with Gasteiger partial charge in [-0.3, -0.25) is 4.99 Å². The lowest BCUT2D eigenvalue weighted by atomic mass is 10.3. The summed E-state index contributed by atoms with van der Waals surface area (Å²) in [6.45, 7) is 5.68. The van der Waals surface area contributed by atoms with Crippen LogP contribution in [-0.4, -0.2) is 48.8 Å². The summed E-state index contributed by atoms with van der Waals surface area (Å²) in [5.74, 6) is 2.05.